The van der Waals surface area contributed by atoms with Crippen molar-refractivity contribution in [2.24, 2.45) is 4.99 Å². The molecule has 0 saturated heterocycles. The second-order valence-electron chi connectivity index (χ2n) is 6.53. The van der Waals surface area contributed by atoms with E-state index in [1.165, 1.54) is 18.4 Å². The van der Waals surface area contributed by atoms with Crippen LogP contribution in [0.4, 0.5) is 10.2 Å². The van der Waals surface area contributed by atoms with Crippen molar-refractivity contribution in [2.45, 2.75) is 12.5 Å². The largest absolute Gasteiger partial charge is 0.356 e. The van der Waals surface area contributed by atoms with Gasteiger partial charge < -0.3 is 10.6 Å². The zero-order chi connectivity index (χ0) is 21.0. The van der Waals surface area contributed by atoms with E-state index in [-0.39, 0.29) is 48.0 Å². The Morgan fingerprint density at radius 1 is 1.48 bits per heavy atom. The molecular formula is C16H20FN7O4S. The van der Waals surface area contributed by atoms with Crippen LogP contribution in [0.3, 0.4) is 0 Å². The van der Waals surface area contributed by atoms with Gasteiger partial charge in [0.15, 0.2) is 11.5 Å². The summed E-state index contributed by atoms with van der Waals surface area (Å²) >= 11 is 0. The van der Waals surface area contributed by atoms with Gasteiger partial charge in [0.1, 0.15) is 5.82 Å². The highest BCUT2D eigenvalue weighted by molar-refractivity contribution is 7.91. The number of nitrogens with zero attached hydrogens (tertiary/aromatic N) is 3. The van der Waals surface area contributed by atoms with E-state index in [0.29, 0.717) is 12.0 Å². The fraction of sp³-hybridized carbons (Fsp3) is 0.375. The number of anilines is 1. The highest BCUT2D eigenvalue weighted by Gasteiger charge is 2.28. The molecule has 0 aliphatic heterocycles. The number of halogens is 1. The normalized spacial score (nSPS) is 17.6. The molecule has 2 aromatic rings. The number of hydrogen-bond donors (Lipinski definition) is 5. The predicted octanol–water partition coefficient (Wildman–Crippen LogP) is 0.436. The predicted molar refractivity (Wildman–Crippen MR) is 102 cm³/mol. The Morgan fingerprint density at radius 2 is 2.28 bits per heavy atom. The van der Waals surface area contributed by atoms with Gasteiger partial charge in [-0.05, 0) is 40.0 Å². The van der Waals surface area contributed by atoms with Gasteiger partial charge in [-0.2, -0.15) is 0 Å². The van der Waals surface area contributed by atoms with Gasteiger partial charge in [0, 0.05) is 28.3 Å². The monoisotopic (exact) mass is 425 g/mol. The van der Waals surface area contributed by atoms with Crippen LogP contribution in [-0.4, -0.2) is 56.6 Å². The van der Waals surface area contributed by atoms with Crippen LogP contribution in [0.2, 0.25) is 0 Å². The number of nitrogens with one attached hydrogen (secondary N) is 4. The summed E-state index contributed by atoms with van der Waals surface area (Å²) in [7, 11) is -2.68. The molecular weight excluding hydrogens is 405 g/mol. The van der Waals surface area contributed by atoms with Crippen LogP contribution >= 0.6 is 0 Å². The molecule has 1 heterocycles. The molecule has 5 N–H and O–H groups in total. The van der Waals surface area contributed by atoms with Crippen molar-refractivity contribution in [3.63, 3.8) is 0 Å². The van der Waals surface area contributed by atoms with E-state index < -0.39 is 15.6 Å². The molecule has 156 valence electrons. The summed E-state index contributed by atoms with van der Waals surface area (Å²) in [6, 6.07) is 4.08. The quantitative estimate of drug-likeness (QED) is 0.231. The summed E-state index contributed by atoms with van der Waals surface area (Å²) in [4.78, 5) is 16.2. The van der Waals surface area contributed by atoms with E-state index in [0.717, 1.165) is 5.56 Å². The maximum Gasteiger partial charge on any atom is 0.239 e. The summed E-state index contributed by atoms with van der Waals surface area (Å²) in [6.45, 7) is -0.0911. The summed E-state index contributed by atoms with van der Waals surface area (Å²) in [6.07, 6.45) is 1.87. The van der Waals surface area contributed by atoms with Crippen molar-refractivity contribution < 1.29 is 23.2 Å². The van der Waals surface area contributed by atoms with Gasteiger partial charge in [-0.25, -0.2) is 9.02 Å². The van der Waals surface area contributed by atoms with Crippen molar-refractivity contribution in [1.29, 1.82) is 4.78 Å². The minimum Gasteiger partial charge on any atom is -0.356 e. The van der Waals surface area contributed by atoms with Crippen molar-refractivity contribution in [2.75, 3.05) is 30.4 Å². The van der Waals surface area contributed by atoms with Crippen molar-refractivity contribution in [3.8, 4) is 0 Å². The van der Waals surface area contributed by atoms with E-state index >= 15 is 0 Å². The SMILES string of the molecule is CS(=N)(=O)CCNC(=O)CNc1nonc1C(=NC1Cc2ccc(F)cc21)NO. The first-order valence-corrected chi connectivity index (χ1v) is 10.7. The first-order valence-electron chi connectivity index (χ1n) is 8.58. The number of hydroxylamine groups is 1. The first-order chi connectivity index (χ1) is 13.8. The zero-order valence-electron chi connectivity index (χ0n) is 15.4. The van der Waals surface area contributed by atoms with Gasteiger partial charge in [-0.15, -0.1) is 0 Å². The van der Waals surface area contributed by atoms with Crippen molar-refractivity contribution in [3.05, 3.63) is 40.8 Å². The Bertz CT molecular complexity index is 1040. The molecule has 0 radical (unpaired) electrons. The second-order valence-corrected chi connectivity index (χ2v) is 8.94. The lowest BCUT2D eigenvalue weighted by Crippen LogP contribution is -2.33. The number of amidine groups is 1. The zero-order valence-corrected chi connectivity index (χ0v) is 16.3. The molecule has 0 saturated carbocycles. The van der Waals surface area contributed by atoms with E-state index in [9.17, 15) is 18.6 Å². The molecule has 11 nitrogen and oxygen atoms in total. The van der Waals surface area contributed by atoms with Crippen LogP contribution < -0.4 is 16.1 Å². The number of carbonyl (C=O) groups excluding carboxylic acids is 1. The third kappa shape index (κ3) is 5.26. The second kappa shape index (κ2) is 8.53. The van der Waals surface area contributed by atoms with Crippen LogP contribution in [0.15, 0.2) is 27.8 Å². The van der Waals surface area contributed by atoms with Crippen LogP contribution in [-0.2, 0) is 20.9 Å². The molecule has 1 aliphatic carbocycles. The Hall–Kier alpha value is -3.06. The van der Waals surface area contributed by atoms with E-state index in [4.69, 9.17) is 4.78 Å². The molecule has 3 rings (SSSR count). The van der Waals surface area contributed by atoms with Crippen LogP contribution in [0.1, 0.15) is 22.9 Å². The Kier molecular flexibility index (Phi) is 6.08. The van der Waals surface area contributed by atoms with Gasteiger partial charge in [-0.3, -0.25) is 29.5 Å². The Labute approximate surface area is 165 Å². The van der Waals surface area contributed by atoms with Gasteiger partial charge in [0.2, 0.25) is 11.7 Å². The highest BCUT2D eigenvalue weighted by Crippen LogP contribution is 2.36. The highest BCUT2D eigenvalue weighted by atomic mass is 32.2. The molecule has 0 bridgehead atoms. The summed E-state index contributed by atoms with van der Waals surface area (Å²) in [5.41, 5.74) is 3.66. The van der Waals surface area contributed by atoms with Crippen LogP contribution in [0.5, 0.6) is 0 Å². The lowest BCUT2D eigenvalue weighted by molar-refractivity contribution is -0.119. The lowest BCUT2D eigenvalue weighted by atomic mass is 9.83. The molecule has 1 aromatic carbocycles. The van der Waals surface area contributed by atoms with Crippen molar-refractivity contribution >= 4 is 27.3 Å². The van der Waals surface area contributed by atoms with Gasteiger partial charge in [0.05, 0.1) is 12.6 Å². The van der Waals surface area contributed by atoms with E-state index in [2.05, 4.69) is 30.6 Å². The number of rotatable bonds is 8. The van der Waals surface area contributed by atoms with E-state index in [1.807, 2.05) is 5.48 Å². The molecule has 29 heavy (non-hydrogen) atoms. The molecule has 1 aliphatic rings. The number of carbonyl (C=O) groups is 1. The summed E-state index contributed by atoms with van der Waals surface area (Å²) in [5, 5.41) is 22.0. The lowest BCUT2D eigenvalue weighted by Gasteiger charge is -2.27. The molecule has 13 heteroatoms. The fourth-order valence-corrected chi connectivity index (χ4v) is 3.23. The molecule has 1 aromatic heterocycles. The van der Waals surface area contributed by atoms with Gasteiger partial charge in [-0.1, -0.05) is 6.07 Å². The molecule has 2 atom stereocenters. The maximum atomic E-state index is 13.4. The minimum absolute atomic E-state index is 0.0458. The average molecular weight is 425 g/mol. The number of benzene rings is 1. The standard InChI is InChI=1S/C16H20FN7O4S/c1-29(18,27)5-4-19-13(25)8-20-15-14(23-28-24-15)16(22-26)21-12-6-9-2-3-10(17)7-11(9)12/h2-3,7,12,18,26H,4-6,8H2,1H3,(H,19,25)(H,20,24)(H,21,22). The van der Waals surface area contributed by atoms with E-state index in [1.54, 1.807) is 6.07 Å². The number of fused-ring (bicyclic) bond motifs is 1. The molecule has 2 unspecified atom stereocenters. The van der Waals surface area contributed by atoms with Gasteiger partial charge in [0.25, 0.3) is 0 Å². The summed E-state index contributed by atoms with van der Waals surface area (Å²) < 4.78 is 36.6. The summed E-state index contributed by atoms with van der Waals surface area (Å²) in [5.74, 6) is -0.720. The smallest absolute Gasteiger partial charge is 0.239 e. The Morgan fingerprint density at radius 3 is 3.00 bits per heavy atom. The third-order valence-corrected chi connectivity index (χ3v) is 5.20. The Balaban J connectivity index is 1.63. The van der Waals surface area contributed by atoms with Crippen molar-refractivity contribution in [1.82, 2.24) is 21.1 Å². The first kappa shape index (κ1) is 20.7. The molecule has 1 amide bonds. The number of amides is 1. The third-order valence-electron chi connectivity index (χ3n) is 4.21. The number of hydrogen-bond acceptors (Lipinski definition) is 9. The molecule has 0 spiro atoms. The minimum atomic E-state index is -2.68. The topological polar surface area (TPSA) is 166 Å². The maximum absolute atomic E-state index is 13.4. The number of aliphatic imine (C=N–C) groups is 1. The fourth-order valence-electron chi connectivity index (χ4n) is 2.73. The molecule has 0 fully saturated rings. The number of aromatic nitrogens is 2. The van der Waals surface area contributed by atoms with Gasteiger partial charge >= 0.3 is 0 Å². The van der Waals surface area contributed by atoms with Crippen LogP contribution in [0.25, 0.3) is 0 Å². The average Bonchev–Trinajstić information content (AvgIpc) is 3.10. The van der Waals surface area contributed by atoms with Crippen LogP contribution in [0, 0.1) is 10.6 Å².